The fourth-order valence-electron chi connectivity index (χ4n) is 4.58. The molecule has 0 radical (unpaired) electrons. The van der Waals surface area contributed by atoms with Gasteiger partial charge in [0, 0.05) is 37.0 Å². The van der Waals surface area contributed by atoms with E-state index in [1.807, 2.05) is 30.9 Å². The second kappa shape index (κ2) is 9.57. The van der Waals surface area contributed by atoms with Crippen LogP contribution in [0.15, 0.2) is 40.9 Å². The van der Waals surface area contributed by atoms with Crippen molar-refractivity contribution < 1.29 is 27.6 Å². The lowest BCUT2D eigenvalue weighted by Gasteiger charge is -2.40. The number of anilines is 2. The minimum absolute atomic E-state index is 0.141. The Hall–Kier alpha value is -3.99. The zero-order valence-electron chi connectivity index (χ0n) is 19.8. The summed E-state index contributed by atoms with van der Waals surface area (Å²) in [5.41, 5.74) is 3.18. The number of benzene rings is 2. The third-order valence-electron chi connectivity index (χ3n) is 6.42. The fourth-order valence-corrected chi connectivity index (χ4v) is 4.58. The molecule has 9 nitrogen and oxygen atoms in total. The highest BCUT2D eigenvalue weighted by Gasteiger charge is 2.33. The van der Waals surface area contributed by atoms with Crippen LogP contribution in [0, 0.1) is 25.5 Å². The lowest BCUT2D eigenvalue weighted by atomic mass is 10.0. The van der Waals surface area contributed by atoms with E-state index in [0.29, 0.717) is 36.8 Å². The number of halogens is 2. The van der Waals surface area contributed by atoms with Crippen molar-refractivity contribution in [1.29, 1.82) is 0 Å². The van der Waals surface area contributed by atoms with E-state index in [2.05, 4.69) is 15.8 Å². The first-order chi connectivity index (χ1) is 17.3. The van der Waals surface area contributed by atoms with E-state index >= 15 is 0 Å². The maximum Gasteiger partial charge on any atom is 0.321 e. The highest BCUT2D eigenvalue weighted by Crippen LogP contribution is 2.34. The number of carbonyl (C=O) groups excluding carboxylic acids is 2. The van der Waals surface area contributed by atoms with Gasteiger partial charge in [0.1, 0.15) is 18.1 Å². The number of nitrogens with zero attached hydrogens (tertiary/aromatic N) is 3. The Kier molecular flexibility index (Phi) is 6.31. The third kappa shape index (κ3) is 4.74. The Balaban J connectivity index is 1.31. The number of urea groups is 1. The number of hydrogen-bond donors (Lipinski definition) is 2. The summed E-state index contributed by atoms with van der Waals surface area (Å²) in [6, 6.07) is 8.04. The Morgan fingerprint density at radius 2 is 1.97 bits per heavy atom. The molecule has 1 atom stereocenters. The normalized spacial score (nSPS) is 18.2. The molecule has 1 fully saturated rings. The summed E-state index contributed by atoms with van der Waals surface area (Å²) in [6.45, 7) is 5.20. The van der Waals surface area contributed by atoms with Crippen molar-refractivity contribution in [3.05, 3.63) is 59.5 Å². The standard InChI is InChI=1S/C25H25F2N5O4/c1-14-24(15(2)36-30-14)16-3-6-22-21(9-16)29-23(33)12-31-7-8-32(11-18(31)13-35-22)25(34)28-17-4-5-19(26)20(27)10-17/h3-6,9-10,18H,7-8,11-13H2,1-2H3,(H,28,34)(H,29,33)/t18-/m1/s1. The summed E-state index contributed by atoms with van der Waals surface area (Å²) in [7, 11) is 0. The highest BCUT2D eigenvalue weighted by molar-refractivity contribution is 5.95. The van der Waals surface area contributed by atoms with Gasteiger partial charge in [-0.3, -0.25) is 9.69 Å². The monoisotopic (exact) mass is 497 g/mol. The quantitative estimate of drug-likeness (QED) is 0.559. The van der Waals surface area contributed by atoms with Crippen LogP contribution >= 0.6 is 0 Å². The molecule has 0 aliphatic carbocycles. The molecule has 2 N–H and O–H groups in total. The van der Waals surface area contributed by atoms with E-state index in [1.165, 1.54) is 6.07 Å². The first-order valence-electron chi connectivity index (χ1n) is 11.5. The number of ether oxygens (including phenoxy) is 1. The van der Waals surface area contributed by atoms with Crippen molar-refractivity contribution in [2.45, 2.75) is 19.9 Å². The van der Waals surface area contributed by atoms with Gasteiger partial charge in [-0.1, -0.05) is 11.2 Å². The number of hydrogen-bond acceptors (Lipinski definition) is 6. The average Bonchev–Trinajstić information content (AvgIpc) is 3.21. The summed E-state index contributed by atoms with van der Waals surface area (Å²) in [5, 5.41) is 9.53. The van der Waals surface area contributed by atoms with Crippen molar-refractivity contribution in [2.24, 2.45) is 0 Å². The summed E-state index contributed by atoms with van der Waals surface area (Å²) in [4.78, 5) is 29.2. The molecular weight excluding hydrogens is 472 g/mol. The van der Waals surface area contributed by atoms with Crippen LogP contribution in [-0.4, -0.2) is 65.7 Å². The predicted molar refractivity (Wildman–Crippen MR) is 128 cm³/mol. The molecule has 0 unspecified atom stereocenters. The van der Waals surface area contributed by atoms with Crippen LogP contribution in [0.5, 0.6) is 5.75 Å². The van der Waals surface area contributed by atoms with Crippen LogP contribution < -0.4 is 15.4 Å². The van der Waals surface area contributed by atoms with E-state index in [4.69, 9.17) is 9.26 Å². The van der Waals surface area contributed by atoms with Gasteiger partial charge in [-0.15, -0.1) is 0 Å². The lowest BCUT2D eigenvalue weighted by molar-refractivity contribution is -0.118. The minimum atomic E-state index is -1.04. The van der Waals surface area contributed by atoms with Crippen molar-refractivity contribution in [3.8, 4) is 16.9 Å². The van der Waals surface area contributed by atoms with Gasteiger partial charge in [0.2, 0.25) is 5.91 Å². The zero-order chi connectivity index (χ0) is 25.4. The fraction of sp³-hybridized carbons (Fsp3) is 0.320. The van der Waals surface area contributed by atoms with Gasteiger partial charge in [-0.2, -0.15) is 0 Å². The van der Waals surface area contributed by atoms with Crippen molar-refractivity contribution in [3.63, 3.8) is 0 Å². The first kappa shape index (κ1) is 23.7. The molecule has 188 valence electrons. The number of fused-ring (bicyclic) bond motifs is 2. The van der Waals surface area contributed by atoms with Crippen LogP contribution in [0.2, 0.25) is 0 Å². The van der Waals surface area contributed by atoms with Gasteiger partial charge in [-0.05, 0) is 43.7 Å². The van der Waals surface area contributed by atoms with E-state index in [0.717, 1.165) is 29.0 Å². The van der Waals surface area contributed by atoms with Crippen molar-refractivity contribution >= 4 is 23.3 Å². The molecule has 2 aromatic carbocycles. The van der Waals surface area contributed by atoms with E-state index in [-0.39, 0.29) is 30.8 Å². The minimum Gasteiger partial charge on any atom is -0.490 e. The number of carbonyl (C=O) groups is 2. The second-order valence-electron chi connectivity index (χ2n) is 8.90. The maximum atomic E-state index is 13.5. The average molecular weight is 498 g/mol. The number of aromatic nitrogens is 1. The molecular formula is C25H25F2N5O4. The van der Waals surface area contributed by atoms with Crippen LogP contribution in [0.3, 0.4) is 0 Å². The second-order valence-corrected chi connectivity index (χ2v) is 8.90. The van der Waals surface area contributed by atoms with Crippen LogP contribution in [0.1, 0.15) is 11.5 Å². The largest absolute Gasteiger partial charge is 0.490 e. The zero-order valence-corrected chi connectivity index (χ0v) is 19.8. The Morgan fingerprint density at radius 3 is 2.72 bits per heavy atom. The molecule has 11 heteroatoms. The number of aryl methyl sites for hydroxylation is 2. The molecule has 36 heavy (non-hydrogen) atoms. The van der Waals surface area contributed by atoms with Gasteiger partial charge in [0.05, 0.1) is 24.0 Å². The van der Waals surface area contributed by atoms with Gasteiger partial charge < -0.3 is 24.8 Å². The molecule has 1 aromatic heterocycles. The van der Waals surface area contributed by atoms with Crippen LogP contribution in [0.4, 0.5) is 25.0 Å². The Morgan fingerprint density at radius 1 is 1.14 bits per heavy atom. The molecule has 2 aliphatic heterocycles. The summed E-state index contributed by atoms with van der Waals surface area (Å²) in [5.74, 6) is -1.01. The maximum absolute atomic E-state index is 13.5. The molecule has 3 heterocycles. The molecule has 1 saturated heterocycles. The summed E-state index contributed by atoms with van der Waals surface area (Å²) in [6.07, 6.45) is 0. The molecule has 2 aliphatic rings. The SMILES string of the molecule is Cc1noc(C)c1-c1ccc2c(c1)NC(=O)CN1CCN(C(=O)Nc3ccc(F)c(F)c3)C[C@@H]1CO2. The third-order valence-corrected chi connectivity index (χ3v) is 6.42. The number of piperazine rings is 1. The molecule has 5 rings (SSSR count). The smallest absolute Gasteiger partial charge is 0.321 e. The molecule has 0 saturated carbocycles. The topological polar surface area (TPSA) is 99.9 Å². The van der Waals surface area contributed by atoms with E-state index < -0.39 is 17.7 Å². The number of nitrogens with one attached hydrogen (secondary N) is 2. The summed E-state index contributed by atoms with van der Waals surface area (Å²) < 4.78 is 38.1. The lowest BCUT2D eigenvalue weighted by Crippen LogP contribution is -2.58. The predicted octanol–water partition coefficient (Wildman–Crippen LogP) is 3.79. The van der Waals surface area contributed by atoms with Gasteiger partial charge in [0.25, 0.3) is 0 Å². The Bertz CT molecular complexity index is 1310. The number of amides is 3. The summed E-state index contributed by atoms with van der Waals surface area (Å²) >= 11 is 0. The van der Waals surface area contributed by atoms with Gasteiger partial charge in [-0.25, -0.2) is 13.6 Å². The highest BCUT2D eigenvalue weighted by atomic mass is 19.2. The van der Waals surface area contributed by atoms with E-state index in [9.17, 15) is 18.4 Å². The van der Waals surface area contributed by atoms with Crippen molar-refractivity contribution in [2.75, 3.05) is 43.4 Å². The van der Waals surface area contributed by atoms with Crippen LogP contribution in [0.25, 0.3) is 11.1 Å². The van der Waals surface area contributed by atoms with Crippen molar-refractivity contribution in [1.82, 2.24) is 15.0 Å². The number of rotatable bonds is 2. The molecule has 3 aromatic rings. The van der Waals surface area contributed by atoms with Gasteiger partial charge in [0.15, 0.2) is 11.6 Å². The Labute approximate surface area is 206 Å². The molecule has 0 bridgehead atoms. The first-order valence-corrected chi connectivity index (χ1v) is 11.5. The van der Waals surface area contributed by atoms with E-state index in [1.54, 1.807) is 11.0 Å². The van der Waals surface area contributed by atoms with Gasteiger partial charge >= 0.3 is 6.03 Å². The van der Waals surface area contributed by atoms with Crippen LogP contribution in [-0.2, 0) is 4.79 Å². The molecule has 3 amide bonds. The molecule has 0 spiro atoms.